The fraction of sp³-hybridized carbons (Fsp3) is 0.625. The lowest BCUT2D eigenvalue weighted by atomic mass is 9.94. The van der Waals surface area contributed by atoms with E-state index in [0.29, 0.717) is 6.04 Å². The third-order valence-corrected chi connectivity index (χ3v) is 4.91. The van der Waals surface area contributed by atoms with Gasteiger partial charge in [-0.1, -0.05) is 24.1 Å². The van der Waals surface area contributed by atoms with E-state index in [1.165, 1.54) is 24.0 Å². The average Bonchev–Trinajstić information content (AvgIpc) is 3.13. The number of aryl methyl sites for hydroxylation is 1. The van der Waals surface area contributed by atoms with Crippen LogP contribution in [0.4, 0.5) is 0 Å². The van der Waals surface area contributed by atoms with Crippen LogP contribution in [0.15, 0.2) is 18.2 Å². The van der Waals surface area contributed by atoms with Gasteiger partial charge in [-0.15, -0.1) is 0 Å². The third-order valence-electron chi connectivity index (χ3n) is 4.67. The second-order valence-electron chi connectivity index (χ2n) is 6.16. The molecule has 1 unspecified atom stereocenters. The maximum Gasteiger partial charge on any atom is 0.0804 e. The van der Waals surface area contributed by atoms with E-state index in [-0.39, 0.29) is 5.60 Å². The van der Waals surface area contributed by atoms with Gasteiger partial charge in [0.2, 0.25) is 0 Å². The minimum absolute atomic E-state index is 0.358. The van der Waals surface area contributed by atoms with Gasteiger partial charge in [0, 0.05) is 17.6 Å². The van der Waals surface area contributed by atoms with E-state index in [0.717, 1.165) is 37.4 Å². The van der Waals surface area contributed by atoms with Crippen LogP contribution in [0, 0.1) is 6.92 Å². The minimum atomic E-state index is -0.388. The Kier molecular flexibility index (Phi) is 3.59. The van der Waals surface area contributed by atoms with Crippen LogP contribution < -0.4 is 0 Å². The maximum absolute atomic E-state index is 10.5. The number of hydrogen-bond donors (Lipinski definition) is 1. The van der Waals surface area contributed by atoms with Crippen molar-refractivity contribution in [2.45, 2.75) is 57.2 Å². The Bertz CT molecular complexity index is 470. The number of rotatable bonds is 3. The molecule has 104 valence electrons. The second-order valence-corrected chi connectivity index (χ2v) is 6.59. The third kappa shape index (κ3) is 2.81. The van der Waals surface area contributed by atoms with E-state index in [2.05, 4.69) is 17.9 Å². The van der Waals surface area contributed by atoms with E-state index in [4.69, 9.17) is 11.6 Å². The van der Waals surface area contributed by atoms with Gasteiger partial charge in [-0.2, -0.15) is 0 Å². The molecule has 1 atom stereocenters. The Morgan fingerprint density at radius 2 is 2.16 bits per heavy atom. The van der Waals surface area contributed by atoms with Gasteiger partial charge in [0.05, 0.1) is 5.60 Å². The molecule has 2 nitrogen and oxygen atoms in total. The van der Waals surface area contributed by atoms with E-state index in [1.807, 2.05) is 12.1 Å². The molecule has 1 N–H and O–H groups in total. The molecule has 0 amide bonds. The molecular weight excluding hydrogens is 258 g/mol. The van der Waals surface area contributed by atoms with Crippen LogP contribution in [0.5, 0.6) is 0 Å². The Morgan fingerprint density at radius 1 is 1.37 bits per heavy atom. The molecule has 3 rings (SSSR count). The van der Waals surface area contributed by atoms with E-state index >= 15 is 0 Å². The molecule has 1 saturated carbocycles. The highest BCUT2D eigenvalue weighted by atomic mass is 35.5. The van der Waals surface area contributed by atoms with Crippen LogP contribution in [0.25, 0.3) is 0 Å². The highest BCUT2D eigenvalue weighted by Gasteiger charge is 2.50. The molecule has 0 spiro atoms. The highest BCUT2D eigenvalue weighted by Crippen LogP contribution is 2.44. The molecule has 0 bridgehead atoms. The lowest BCUT2D eigenvalue weighted by Crippen LogP contribution is -2.47. The van der Waals surface area contributed by atoms with Gasteiger partial charge in [-0.3, -0.25) is 4.90 Å². The molecule has 1 aromatic rings. The predicted octanol–water partition coefficient (Wildman–Crippen LogP) is 3.53. The molecule has 1 aliphatic carbocycles. The summed E-state index contributed by atoms with van der Waals surface area (Å²) in [6.45, 7) is 4.16. The SMILES string of the molecule is Cc1cc(Cl)ccc1CN1CCCCC1C1(O)CC1. The number of piperidine rings is 1. The summed E-state index contributed by atoms with van der Waals surface area (Å²) in [5.41, 5.74) is 2.20. The van der Waals surface area contributed by atoms with Crippen molar-refractivity contribution in [3.8, 4) is 0 Å². The van der Waals surface area contributed by atoms with Gasteiger partial charge in [0.1, 0.15) is 0 Å². The van der Waals surface area contributed by atoms with Crippen LogP contribution in [0.1, 0.15) is 43.2 Å². The Labute approximate surface area is 120 Å². The average molecular weight is 280 g/mol. The van der Waals surface area contributed by atoms with Crippen LogP contribution in [0.2, 0.25) is 5.02 Å². The fourth-order valence-electron chi connectivity index (χ4n) is 3.31. The smallest absolute Gasteiger partial charge is 0.0804 e. The van der Waals surface area contributed by atoms with Crippen molar-refractivity contribution in [2.24, 2.45) is 0 Å². The zero-order valence-corrected chi connectivity index (χ0v) is 12.3. The maximum atomic E-state index is 10.5. The summed E-state index contributed by atoms with van der Waals surface area (Å²) in [5, 5.41) is 11.3. The van der Waals surface area contributed by atoms with Crippen molar-refractivity contribution in [3.63, 3.8) is 0 Å². The van der Waals surface area contributed by atoms with Gasteiger partial charge >= 0.3 is 0 Å². The number of nitrogens with zero attached hydrogens (tertiary/aromatic N) is 1. The van der Waals surface area contributed by atoms with E-state index in [1.54, 1.807) is 0 Å². The number of aliphatic hydroxyl groups is 1. The lowest BCUT2D eigenvalue weighted by Gasteiger charge is -2.39. The summed E-state index contributed by atoms with van der Waals surface area (Å²) in [5.74, 6) is 0. The molecule has 0 aromatic heterocycles. The predicted molar refractivity (Wildman–Crippen MR) is 78.4 cm³/mol. The monoisotopic (exact) mass is 279 g/mol. The summed E-state index contributed by atoms with van der Waals surface area (Å²) < 4.78 is 0. The number of halogens is 1. The first-order chi connectivity index (χ1) is 9.08. The van der Waals surface area contributed by atoms with Crippen molar-refractivity contribution < 1.29 is 5.11 Å². The van der Waals surface area contributed by atoms with Gasteiger partial charge in [0.25, 0.3) is 0 Å². The van der Waals surface area contributed by atoms with Crippen LogP contribution >= 0.6 is 11.6 Å². The summed E-state index contributed by atoms with van der Waals surface area (Å²) >= 11 is 6.02. The normalized spacial score (nSPS) is 26.4. The minimum Gasteiger partial charge on any atom is -0.388 e. The molecule has 1 heterocycles. The van der Waals surface area contributed by atoms with Gasteiger partial charge < -0.3 is 5.11 Å². The standard InChI is InChI=1S/C16H22ClNO/c1-12-10-14(17)6-5-13(12)11-18-9-3-2-4-15(18)16(19)7-8-16/h5-6,10,15,19H,2-4,7-9,11H2,1H3. The molecule has 2 aliphatic rings. The van der Waals surface area contributed by atoms with Crippen molar-refractivity contribution in [2.75, 3.05) is 6.54 Å². The first kappa shape index (κ1) is 13.4. The van der Waals surface area contributed by atoms with Gasteiger partial charge in [0.15, 0.2) is 0 Å². The Morgan fingerprint density at radius 3 is 2.84 bits per heavy atom. The summed E-state index contributed by atoms with van der Waals surface area (Å²) in [6.07, 6.45) is 5.60. The second kappa shape index (κ2) is 5.08. The first-order valence-electron chi connectivity index (χ1n) is 7.30. The quantitative estimate of drug-likeness (QED) is 0.915. The largest absolute Gasteiger partial charge is 0.388 e. The topological polar surface area (TPSA) is 23.5 Å². The first-order valence-corrected chi connectivity index (χ1v) is 7.68. The Hall–Kier alpha value is -0.570. The van der Waals surface area contributed by atoms with Crippen molar-refractivity contribution >= 4 is 11.6 Å². The molecule has 19 heavy (non-hydrogen) atoms. The molecule has 0 radical (unpaired) electrons. The van der Waals surface area contributed by atoms with Crippen LogP contribution in [0.3, 0.4) is 0 Å². The van der Waals surface area contributed by atoms with Crippen molar-refractivity contribution in [1.29, 1.82) is 0 Å². The highest BCUT2D eigenvalue weighted by molar-refractivity contribution is 6.30. The molecule has 2 fully saturated rings. The summed E-state index contributed by atoms with van der Waals surface area (Å²) in [4.78, 5) is 2.48. The summed E-state index contributed by atoms with van der Waals surface area (Å²) in [6, 6.07) is 6.48. The van der Waals surface area contributed by atoms with Crippen LogP contribution in [-0.2, 0) is 6.54 Å². The van der Waals surface area contributed by atoms with Gasteiger partial charge in [-0.25, -0.2) is 0 Å². The molecule has 3 heteroatoms. The molecule has 1 aliphatic heterocycles. The lowest BCUT2D eigenvalue weighted by molar-refractivity contribution is 0.00367. The molecule has 1 saturated heterocycles. The van der Waals surface area contributed by atoms with E-state index in [9.17, 15) is 5.11 Å². The number of hydrogen-bond acceptors (Lipinski definition) is 2. The van der Waals surface area contributed by atoms with Crippen LogP contribution in [-0.4, -0.2) is 28.2 Å². The van der Waals surface area contributed by atoms with Crippen molar-refractivity contribution in [3.05, 3.63) is 34.3 Å². The fourth-order valence-corrected chi connectivity index (χ4v) is 3.53. The van der Waals surface area contributed by atoms with Crippen molar-refractivity contribution in [1.82, 2.24) is 4.90 Å². The number of likely N-dealkylation sites (tertiary alicyclic amines) is 1. The van der Waals surface area contributed by atoms with E-state index < -0.39 is 0 Å². The zero-order valence-electron chi connectivity index (χ0n) is 11.5. The Balaban J connectivity index is 1.76. The zero-order chi connectivity index (χ0) is 13.5. The number of benzene rings is 1. The van der Waals surface area contributed by atoms with Gasteiger partial charge in [-0.05, 0) is 62.4 Å². The molecular formula is C16H22ClNO. The summed E-state index contributed by atoms with van der Waals surface area (Å²) in [7, 11) is 0. The molecule has 1 aromatic carbocycles.